The maximum atomic E-state index is 12.8. The Morgan fingerprint density at radius 3 is 1.84 bits per heavy atom. The lowest BCUT2D eigenvalue weighted by molar-refractivity contribution is -0.120. The first-order valence-corrected chi connectivity index (χ1v) is 7.91. The average molecular weight is 331 g/mol. The van der Waals surface area contributed by atoms with Crippen LogP contribution in [0.25, 0.3) is 0 Å². The Balaban J connectivity index is 1.85. The summed E-state index contributed by atoms with van der Waals surface area (Å²) in [5.41, 5.74) is 1.03. The highest BCUT2D eigenvalue weighted by Gasteiger charge is 2.29. The maximum Gasteiger partial charge on any atom is 0.273 e. The molecule has 0 fully saturated rings. The standard InChI is InChI=1S/C21H17NO3/c23-19(16-10-4-1-5-11-16)20(25-18-14-8-3-9-15-18)21(24)22-17-12-6-2-7-13-17/h1-15,20H,(H,22,24). The molecule has 0 saturated heterocycles. The van der Waals surface area contributed by atoms with Crippen molar-refractivity contribution in [3.63, 3.8) is 0 Å². The third kappa shape index (κ3) is 4.32. The van der Waals surface area contributed by atoms with E-state index in [1.807, 2.05) is 30.3 Å². The summed E-state index contributed by atoms with van der Waals surface area (Å²) in [6.07, 6.45) is -1.27. The van der Waals surface area contributed by atoms with Crippen molar-refractivity contribution in [2.75, 3.05) is 5.32 Å². The van der Waals surface area contributed by atoms with E-state index in [2.05, 4.69) is 5.32 Å². The Labute approximate surface area is 146 Å². The van der Waals surface area contributed by atoms with Gasteiger partial charge in [0, 0.05) is 11.3 Å². The molecule has 0 spiro atoms. The first kappa shape index (κ1) is 16.5. The molecule has 1 amide bonds. The van der Waals surface area contributed by atoms with Crippen LogP contribution in [-0.4, -0.2) is 17.8 Å². The SMILES string of the molecule is O=C(Nc1ccccc1)C(Oc1ccccc1)C(=O)c1ccccc1. The van der Waals surface area contributed by atoms with Gasteiger partial charge in [-0.1, -0.05) is 66.7 Å². The van der Waals surface area contributed by atoms with Crippen molar-refractivity contribution in [2.24, 2.45) is 0 Å². The van der Waals surface area contributed by atoms with Gasteiger partial charge in [0.05, 0.1) is 0 Å². The Kier molecular flexibility index (Phi) is 5.22. The number of benzene rings is 3. The molecule has 1 N–H and O–H groups in total. The number of carbonyl (C=O) groups is 2. The third-order valence-electron chi connectivity index (χ3n) is 3.57. The van der Waals surface area contributed by atoms with E-state index in [0.717, 1.165) is 0 Å². The van der Waals surface area contributed by atoms with Gasteiger partial charge in [0.2, 0.25) is 11.9 Å². The number of hydrogen-bond donors (Lipinski definition) is 1. The average Bonchev–Trinajstić information content (AvgIpc) is 2.68. The molecular formula is C21H17NO3. The molecule has 0 bridgehead atoms. The van der Waals surface area contributed by atoms with Crippen LogP contribution in [0, 0.1) is 0 Å². The van der Waals surface area contributed by atoms with Gasteiger partial charge in [-0.3, -0.25) is 9.59 Å². The van der Waals surface area contributed by atoms with Crippen LogP contribution in [0.4, 0.5) is 5.69 Å². The summed E-state index contributed by atoms with van der Waals surface area (Å²) in [5.74, 6) is -0.443. The summed E-state index contributed by atoms with van der Waals surface area (Å²) in [6, 6.07) is 26.5. The minimum Gasteiger partial charge on any atom is -0.472 e. The smallest absolute Gasteiger partial charge is 0.273 e. The topological polar surface area (TPSA) is 55.4 Å². The van der Waals surface area contributed by atoms with Crippen LogP contribution in [0.1, 0.15) is 10.4 Å². The molecule has 3 aromatic carbocycles. The Hall–Kier alpha value is -3.40. The van der Waals surface area contributed by atoms with E-state index in [1.165, 1.54) is 0 Å². The first-order valence-electron chi connectivity index (χ1n) is 7.91. The highest BCUT2D eigenvalue weighted by Crippen LogP contribution is 2.16. The third-order valence-corrected chi connectivity index (χ3v) is 3.57. The zero-order chi connectivity index (χ0) is 17.5. The molecular weight excluding hydrogens is 314 g/mol. The van der Waals surface area contributed by atoms with E-state index in [9.17, 15) is 9.59 Å². The van der Waals surface area contributed by atoms with Crippen LogP contribution in [0.5, 0.6) is 5.75 Å². The summed E-state index contributed by atoms with van der Waals surface area (Å²) in [6.45, 7) is 0. The van der Waals surface area contributed by atoms with Gasteiger partial charge in [0.25, 0.3) is 5.91 Å². The molecule has 0 saturated carbocycles. The Morgan fingerprint density at radius 1 is 0.720 bits per heavy atom. The van der Waals surface area contributed by atoms with Crippen LogP contribution in [-0.2, 0) is 4.79 Å². The van der Waals surface area contributed by atoms with Crippen LogP contribution in [0.2, 0.25) is 0 Å². The van der Waals surface area contributed by atoms with Crippen molar-refractivity contribution in [1.29, 1.82) is 0 Å². The zero-order valence-corrected chi connectivity index (χ0v) is 13.5. The number of para-hydroxylation sites is 2. The van der Waals surface area contributed by atoms with Crippen molar-refractivity contribution in [1.82, 2.24) is 0 Å². The van der Waals surface area contributed by atoms with Crippen molar-refractivity contribution in [2.45, 2.75) is 6.10 Å². The molecule has 1 unspecified atom stereocenters. The monoisotopic (exact) mass is 331 g/mol. The number of nitrogens with one attached hydrogen (secondary N) is 1. The maximum absolute atomic E-state index is 12.8. The molecule has 3 rings (SSSR count). The number of carbonyl (C=O) groups excluding carboxylic acids is 2. The molecule has 1 atom stereocenters. The molecule has 0 heterocycles. The molecule has 0 radical (unpaired) electrons. The number of amides is 1. The van der Waals surface area contributed by atoms with Gasteiger partial charge in [0.1, 0.15) is 5.75 Å². The fraction of sp³-hybridized carbons (Fsp3) is 0.0476. The fourth-order valence-corrected chi connectivity index (χ4v) is 2.34. The second-order valence-corrected chi connectivity index (χ2v) is 5.40. The van der Waals surface area contributed by atoms with E-state index >= 15 is 0 Å². The van der Waals surface area contributed by atoms with E-state index in [4.69, 9.17) is 4.74 Å². The molecule has 3 aromatic rings. The molecule has 0 aliphatic carbocycles. The summed E-state index contributed by atoms with van der Waals surface area (Å²) in [5, 5.41) is 2.73. The summed E-state index contributed by atoms with van der Waals surface area (Å²) in [4.78, 5) is 25.5. The summed E-state index contributed by atoms with van der Waals surface area (Å²) in [7, 11) is 0. The lowest BCUT2D eigenvalue weighted by atomic mass is 10.1. The van der Waals surface area contributed by atoms with Crippen molar-refractivity contribution >= 4 is 17.4 Å². The molecule has 124 valence electrons. The van der Waals surface area contributed by atoms with Gasteiger partial charge >= 0.3 is 0 Å². The van der Waals surface area contributed by atoms with E-state index in [0.29, 0.717) is 17.0 Å². The molecule has 0 aromatic heterocycles. The van der Waals surface area contributed by atoms with Crippen molar-refractivity contribution < 1.29 is 14.3 Å². The second-order valence-electron chi connectivity index (χ2n) is 5.40. The van der Waals surface area contributed by atoms with E-state index in [1.54, 1.807) is 60.7 Å². The Morgan fingerprint density at radius 2 is 1.24 bits per heavy atom. The number of ether oxygens (including phenoxy) is 1. The quantitative estimate of drug-likeness (QED) is 0.549. The predicted molar refractivity (Wildman–Crippen MR) is 96.7 cm³/mol. The van der Waals surface area contributed by atoms with Crippen molar-refractivity contribution in [3.8, 4) is 5.75 Å². The normalized spacial score (nSPS) is 11.4. The Bertz CT molecular complexity index is 833. The van der Waals surface area contributed by atoms with E-state index in [-0.39, 0.29) is 0 Å². The van der Waals surface area contributed by atoms with Gasteiger partial charge in [-0.2, -0.15) is 0 Å². The summed E-state index contributed by atoms with van der Waals surface area (Å²) < 4.78 is 5.70. The number of Topliss-reactive ketones (excluding diaryl/α,β-unsaturated/α-hetero) is 1. The highest BCUT2D eigenvalue weighted by atomic mass is 16.5. The number of rotatable bonds is 6. The lowest BCUT2D eigenvalue weighted by Gasteiger charge is -2.18. The number of ketones is 1. The van der Waals surface area contributed by atoms with Crippen LogP contribution in [0.3, 0.4) is 0 Å². The predicted octanol–water partition coefficient (Wildman–Crippen LogP) is 3.96. The zero-order valence-electron chi connectivity index (χ0n) is 13.5. The summed E-state index contributed by atoms with van der Waals surface area (Å²) >= 11 is 0. The number of anilines is 1. The largest absolute Gasteiger partial charge is 0.472 e. The van der Waals surface area contributed by atoms with Gasteiger partial charge < -0.3 is 10.1 Å². The van der Waals surface area contributed by atoms with Crippen LogP contribution >= 0.6 is 0 Å². The fourth-order valence-electron chi connectivity index (χ4n) is 2.34. The van der Waals surface area contributed by atoms with Gasteiger partial charge in [-0.05, 0) is 24.3 Å². The van der Waals surface area contributed by atoms with Gasteiger partial charge in [-0.25, -0.2) is 0 Å². The van der Waals surface area contributed by atoms with E-state index < -0.39 is 17.8 Å². The lowest BCUT2D eigenvalue weighted by Crippen LogP contribution is -2.40. The molecule has 25 heavy (non-hydrogen) atoms. The first-order chi connectivity index (χ1) is 12.2. The van der Waals surface area contributed by atoms with Crippen LogP contribution in [0.15, 0.2) is 91.0 Å². The molecule has 4 nitrogen and oxygen atoms in total. The minimum atomic E-state index is -1.27. The van der Waals surface area contributed by atoms with Crippen molar-refractivity contribution in [3.05, 3.63) is 96.6 Å². The highest BCUT2D eigenvalue weighted by molar-refractivity contribution is 6.16. The molecule has 0 aliphatic heterocycles. The van der Waals surface area contributed by atoms with Gasteiger partial charge in [-0.15, -0.1) is 0 Å². The molecule has 4 heteroatoms. The van der Waals surface area contributed by atoms with Gasteiger partial charge in [0.15, 0.2) is 0 Å². The minimum absolute atomic E-state index is 0.391. The van der Waals surface area contributed by atoms with Crippen LogP contribution < -0.4 is 10.1 Å². The second kappa shape index (κ2) is 7.93. The number of hydrogen-bond acceptors (Lipinski definition) is 3. The molecule has 0 aliphatic rings.